The lowest BCUT2D eigenvalue weighted by Crippen LogP contribution is -2.31. The van der Waals surface area contributed by atoms with E-state index in [4.69, 9.17) is 15.2 Å². The lowest BCUT2D eigenvalue weighted by Gasteiger charge is -2.17. The standard InChI is InChI=1S/C18H27N3O2/c1-11(2)14(19)9-22-13(5)15-7-6-8-16(20-15)18-21-17(10-23-18)12(3)4/h6-8,11-12,14,17H,5,9-10,19H2,1-4H3/t14-,17-/m1/s1. The van der Waals surface area contributed by atoms with Gasteiger partial charge in [-0.2, -0.15) is 0 Å². The second kappa shape index (κ2) is 7.59. The molecule has 2 heterocycles. The Balaban J connectivity index is 2.05. The number of aromatic nitrogens is 1. The average molecular weight is 317 g/mol. The minimum Gasteiger partial charge on any atom is -0.490 e. The minimum atomic E-state index is -0.0238. The summed E-state index contributed by atoms with van der Waals surface area (Å²) in [4.78, 5) is 9.15. The molecule has 0 saturated carbocycles. The molecule has 1 aliphatic heterocycles. The molecule has 2 rings (SSSR count). The zero-order chi connectivity index (χ0) is 17.0. The van der Waals surface area contributed by atoms with E-state index in [-0.39, 0.29) is 12.1 Å². The molecular weight excluding hydrogens is 290 g/mol. The van der Waals surface area contributed by atoms with Crippen molar-refractivity contribution in [1.29, 1.82) is 0 Å². The molecule has 0 fully saturated rings. The van der Waals surface area contributed by atoms with Crippen LogP contribution in [0.3, 0.4) is 0 Å². The Morgan fingerprint density at radius 1 is 1.39 bits per heavy atom. The van der Waals surface area contributed by atoms with E-state index in [0.29, 0.717) is 48.1 Å². The molecule has 2 N–H and O–H groups in total. The molecule has 5 nitrogen and oxygen atoms in total. The van der Waals surface area contributed by atoms with Crippen LogP contribution in [0.2, 0.25) is 0 Å². The lowest BCUT2D eigenvalue weighted by molar-refractivity contribution is 0.227. The van der Waals surface area contributed by atoms with Crippen molar-refractivity contribution in [2.75, 3.05) is 13.2 Å². The second-order valence-electron chi connectivity index (χ2n) is 6.61. The summed E-state index contributed by atoms with van der Waals surface area (Å²) in [5.74, 6) is 1.92. The second-order valence-corrected chi connectivity index (χ2v) is 6.61. The topological polar surface area (TPSA) is 69.7 Å². The molecule has 0 aromatic carbocycles. The summed E-state index contributed by atoms with van der Waals surface area (Å²) < 4.78 is 11.3. The third-order valence-corrected chi connectivity index (χ3v) is 4.00. The smallest absolute Gasteiger partial charge is 0.235 e. The van der Waals surface area contributed by atoms with Crippen LogP contribution in [0, 0.1) is 11.8 Å². The summed E-state index contributed by atoms with van der Waals surface area (Å²) in [5.41, 5.74) is 7.38. The Bertz CT molecular complexity index is 581. The van der Waals surface area contributed by atoms with Gasteiger partial charge in [0, 0.05) is 6.04 Å². The average Bonchev–Trinajstić information content (AvgIpc) is 3.02. The van der Waals surface area contributed by atoms with E-state index in [1.54, 1.807) is 0 Å². The van der Waals surface area contributed by atoms with Crippen molar-refractivity contribution >= 4 is 11.7 Å². The number of ether oxygens (including phenoxy) is 2. The van der Waals surface area contributed by atoms with Gasteiger partial charge in [0.2, 0.25) is 5.90 Å². The molecule has 0 amide bonds. The molecule has 2 atom stereocenters. The van der Waals surface area contributed by atoms with Gasteiger partial charge in [-0.25, -0.2) is 9.98 Å². The molecule has 0 spiro atoms. The summed E-state index contributed by atoms with van der Waals surface area (Å²) in [6, 6.07) is 5.83. The van der Waals surface area contributed by atoms with Crippen LogP contribution in [-0.4, -0.2) is 36.2 Å². The maximum Gasteiger partial charge on any atom is 0.235 e. The van der Waals surface area contributed by atoms with E-state index in [2.05, 4.69) is 44.3 Å². The Morgan fingerprint density at radius 2 is 2.13 bits per heavy atom. The Labute approximate surface area is 138 Å². The molecule has 0 aliphatic carbocycles. The molecule has 0 radical (unpaired) electrons. The highest BCUT2D eigenvalue weighted by Gasteiger charge is 2.23. The molecule has 1 aliphatic rings. The number of pyridine rings is 1. The van der Waals surface area contributed by atoms with Gasteiger partial charge in [-0.15, -0.1) is 0 Å². The number of rotatable bonds is 7. The maximum absolute atomic E-state index is 5.99. The van der Waals surface area contributed by atoms with Gasteiger partial charge in [0.05, 0.1) is 6.04 Å². The minimum absolute atomic E-state index is 0.0238. The van der Waals surface area contributed by atoms with Crippen molar-refractivity contribution < 1.29 is 9.47 Å². The first kappa shape index (κ1) is 17.5. The van der Waals surface area contributed by atoms with Crippen LogP contribution in [0.5, 0.6) is 0 Å². The zero-order valence-electron chi connectivity index (χ0n) is 14.5. The molecular formula is C18H27N3O2. The molecule has 5 heteroatoms. The van der Waals surface area contributed by atoms with Crippen LogP contribution in [0.4, 0.5) is 0 Å². The molecule has 0 unspecified atom stereocenters. The van der Waals surface area contributed by atoms with Gasteiger partial charge in [-0.3, -0.25) is 0 Å². The van der Waals surface area contributed by atoms with Crippen molar-refractivity contribution in [3.63, 3.8) is 0 Å². The van der Waals surface area contributed by atoms with E-state index in [1.165, 1.54) is 0 Å². The molecule has 1 aromatic heterocycles. The number of hydrogen-bond donors (Lipinski definition) is 1. The molecule has 23 heavy (non-hydrogen) atoms. The number of aliphatic imine (C=N–C) groups is 1. The zero-order valence-corrected chi connectivity index (χ0v) is 14.5. The highest BCUT2D eigenvalue weighted by atomic mass is 16.5. The first-order valence-corrected chi connectivity index (χ1v) is 8.14. The van der Waals surface area contributed by atoms with Crippen molar-refractivity contribution in [2.45, 2.75) is 39.8 Å². The maximum atomic E-state index is 5.99. The van der Waals surface area contributed by atoms with Crippen LogP contribution >= 0.6 is 0 Å². The van der Waals surface area contributed by atoms with Crippen molar-refractivity contribution in [3.05, 3.63) is 36.2 Å². The Morgan fingerprint density at radius 3 is 2.74 bits per heavy atom. The molecule has 0 bridgehead atoms. The number of nitrogens with zero attached hydrogens (tertiary/aromatic N) is 2. The number of hydrogen-bond acceptors (Lipinski definition) is 5. The van der Waals surface area contributed by atoms with E-state index in [1.807, 2.05) is 18.2 Å². The summed E-state index contributed by atoms with van der Waals surface area (Å²) in [5, 5.41) is 0. The van der Waals surface area contributed by atoms with Crippen LogP contribution in [0.15, 0.2) is 29.8 Å². The third-order valence-electron chi connectivity index (χ3n) is 4.00. The Hall–Kier alpha value is -1.88. The predicted molar refractivity (Wildman–Crippen MR) is 93.2 cm³/mol. The monoisotopic (exact) mass is 317 g/mol. The summed E-state index contributed by atoms with van der Waals surface area (Å²) >= 11 is 0. The van der Waals surface area contributed by atoms with Gasteiger partial charge in [-0.1, -0.05) is 40.3 Å². The predicted octanol–water partition coefficient (Wildman–Crippen LogP) is 2.85. The fraction of sp³-hybridized carbons (Fsp3) is 0.556. The highest BCUT2D eigenvalue weighted by molar-refractivity contribution is 5.93. The first-order chi connectivity index (χ1) is 10.9. The molecule has 126 valence electrons. The fourth-order valence-corrected chi connectivity index (χ4v) is 2.04. The van der Waals surface area contributed by atoms with Crippen LogP contribution in [0.1, 0.15) is 39.1 Å². The normalized spacial score (nSPS) is 18.7. The van der Waals surface area contributed by atoms with Gasteiger partial charge in [0.1, 0.15) is 30.4 Å². The largest absolute Gasteiger partial charge is 0.490 e. The molecule has 0 saturated heterocycles. The van der Waals surface area contributed by atoms with Gasteiger partial charge in [0.15, 0.2) is 0 Å². The number of nitrogens with two attached hydrogens (primary N) is 1. The summed E-state index contributed by atoms with van der Waals surface area (Å²) in [7, 11) is 0. The van der Waals surface area contributed by atoms with E-state index >= 15 is 0 Å². The van der Waals surface area contributed by atoms with Gasteiger partial charge < -0.3 is 15.2 Å². The van der Waals surface area contributed by atoms with Gasteiger partial charge in [-0.05, 0) is 24.0 Å². The van der Waals surface area contributed by atoms with E-state index in [0.717, 1.165) is 0 Å². The van der Waals surface area contributed by atoms with Crippen molar-refractivity contribution in [2.24, 2.45) is 22.6 Å². The van der Waals surface area contributed by atoms with E-state index in [9.17, 15) is 0 Å². The van der Waals surface area contributed by atoms with Crippen LogP contribution < -0.4 is 5.73 Å². The lowest BCUT2D eigenvalue weighted by atomic mass is 10.1. The fourth-order valence-electron chi connectivity index (χ4n) is 2.04. The Kier molecular flexibility index (Phi) is 5.77. The van der Waals surface area contributed by atoms with Crippen molar-refractivity contribution in [3.8, 4) is 0 Å². The molecule has 1 aromatic rings. The quantitative estimate of drug-likeness (QED) is 0.785. The van der Waals surface area contributed by atoms with Gasteiger partial charge in [0.25, 0.3) is 0 Å². The SMILES string of the molecule is C=C(OC[C@@H](N)C(C)C)c1cccc(C2=N[C@@H](C(C)C)CO2)n1. The summed E-state index contributed by atoms with van der Waals surface area (Å²) in [6.07, 6.45) is 0. The summed E-state index contributed by atoms with van der Waals surface area (Å²) in [6.45, 7) is 13.4. The van der Waals surface area contributed by atoms with Gasteiger partial charge >= 0.3 is 0 Å². The van der Waals surface area contributed by atoms with Crippen LogP contribution in [-0.2, 0) is 9.47 Å². The van der Waals surface area contributed by atoms with E-state index < -0.39 is 0 Å². The van der Waals surface area contributed by atoms with Crippen LogP contribution in [0.25, 0.3) is 5.76 Å². The highest BCUT2D eigenvalue weighted by Crippen LogP contribution is 2.18. The first-order valence-electron chi connectivity index (χ1n) is 8.14. The third kappa shape index (κ3) is 4.55. The van der Waals surface area contributed by atoms with Crippen molar-refractivity contribution in [1.82, 2.24) is 4.98 Å².